The Hall–Kier alpha value is -2.53. The van der Waals surface area contributed by atoms with Gasteiger partial charge in [-0.05, 0) is 5.56 Å². The van der Waals surface area contributed by atoms with Gasteiger partial charge < -0.3 is 19.3 Å². The van der Waals surface area contributed by atoms with Gasteiger partial charge >= 0.3 is 0 Å². The molecule has 1 atom stereocenters. The minimum atomic E-state index is -0.331. The summed E-state index contributed by atoms with van der Waals surface area (Å²) in [6.45, 7) is 0. The van der Waals surface area contributed by atoms with Crippen LogP contribution in [0.1, 0.15) is 28.4 Å². The van der Waals surface area contributed by atoms with Crippen molar-refractivity contribution in [2.45, 2.75) is 12.5 Å². The summed E-state index contributed by atoms with van der Waals surface area (Å²) in [7, 11) is 4.71. The molecule has 2 aromatic carbocycles. The molecule has 0 unspecified atom stereocenters. The van der Waals surface area contributed by atoms with Gasteiger partial charge in [0.25, 0.3) is 0 Å². The van der Waals surface area contributed by atoms with Crippen molar-refractivity contribution in [3.8, 4) is 17.2 Å². The largest absolute Gasteiger partial charge is 0.508 e. The van der Waals surface area contributed by atoms with Crippen LogP contribution in [-0.4, -0.2) is 32.2 Å². The van der Waals surface area contributed by atoms with E-state index in [4.69, 9.17) is 9.47 Å². The second kappa shape index (κ2) is 7.65. The molecule has 0 bridgehead atoms. The highest BCUT2D eigenvalue weighted by molar-refractivity contribution is 6.02. The molecule has 0 saturated carbocycles. The molecule has 0 radical (unpaired) electrons. The average Bonchev–Trinajstić information content (AvgIpc) is 2.55. The topological polar surface area (TPSA) is 65.0 Å². The van der Waals surface area contributed by atoms with Crippen LogP contribution in [0.15, 0.2) is 42.5 Å². The Balaban J connectivity index is 0.000000595. The number of phenols is 1. The smallest absolute Gasteiger partial charge is 0.174 e. The molecule has 2 aromatic rings. The molecular weight excluding hydrogens is 296 g/mol. The Kier molecular flexibility index (Phi) is 5.60. The van der Waals surface area contributed by atoms with Gasteiger partial charge in [0.15, 0.2) is 5.78 Å². The maximum absolute atomic E-state index is 12.3. The molecular formula is C18H20O5. The number of fused-ring (bicyclic) bond motifs is 1. The van der Waals surface area contributed by atoms with Crippen molar-refractivity contribution in [1.82, 2.24) is 0 Å². The molecule has 0 spiro atoms. The first-order chi connectivity index (χ1) is 11.1. The molecule has 5 heteroatoms. The lowest BCUT2D eigenvalue weighted by molar-refractivity contribution is 0.0844. The van der Waals surface area contributed by atoms with Crippen LogP contribution in [0.5, 0.6) is 17.2 Å². The number of ketones is 1. The van der Waals surface area contributed by atoms with Crippen LogP contribution < -0.4 is 9.47 Å². The Bertz CT molecular complexity index is 667. The molecule has 23 heavy (non-hydrogen) atoms. The number of methoxy groups -OCH3 is 2. The van der Waals surface area contributed by atoms with Crippen LogP contribution in [-0.2, 0) is 4.74 Å². The van der Waals surface area contributed by atoms with Gasteiger partial charge in [-0.1, -0.05) is 30.3 Å². The van der Waals surface area contributed by atoms with Crippen molar-refractivity contribution in [2.75, 3.05) is 21.3 Å². The first-order valence-corrected chi connectivity index (χ1v) is 7.16. The lowest BCUT2D eigenvalue weighted by atomic mass is 9.95. The van der Waals surface area contributed by atoms with Crippen LogP contribution >= 0.6 is 0 Å². The highest BCUT2D eigenvalue weighted by Gasteiger charge is 2.31. The first kappa shape index (κ1) is 16.8. The fourth-order valence-electron chi connectivity index (χ4n) is 2.42. The van der Waals surface area contributed by atoms with Gasteiger partial charge in [-0.25, -0.2) is 0 Å². The summed E-state index contributed by atoms with van der Waals surface area (Å²) in [4.78, 5) is 12.3. The number of Topliss-reactive ketones (excluding diaryl/α,β-unsaturated/α-hetero) is 1. The Labute approximate surface area is 135 Å². The molecule has 122 valence electrons. The molecule has 0 amide bonds. The SMILES string of the molecule is COC.COc1cc(O)cc2c1C(=O)C[C@@H](c1ccccc1)O2. The Morgan fingerprint density at radius 1 is 1.13 bits per heavy atom. The van der Waals surface area contributed by atoms with Crippen LogP contribution in [0.25, 0.3) is 0 Å². The monoisotopic (exact) mass is 316 g/mol. The Morgan fingerprint density at radius 3 is 2.39 bits per heavy atom. The van der Waals surface area contributed by atoms with Gasteiger partial charge in [-0.2, -0.15) is 0 Å². The summed E-state index contributed by atoms with van der Waals surface area (Å²) in [5, 5.41) is 9.67. The second-order valence-corrected chi connectivity index (χ2v) is 5.07. The maximum atomic E-state index is 12.3. The zero-order valence-electron chi connectivity index (χ0n) is 13.4. The van der Waals surface area contributed by atoms with E-state index in [1.54, 1.807) is 14.2 Å². The fraction of sp³-hybridized carbons (Fsp3) is 0.278. The normalized spacial score (nSPS) is 15.8. The molecule has 5 nitrogen and oxygen atoms in total. The third-order valence-electron chi connectivity index (χ3n) is 3.36. The first-order valence-electron chi connectivity index (χ1n) is 7.16. The van der Waals surface area contributed by atoms with E-state index in [-0.39, 0.29) is 24.1 Å². The van der Waals surface area contributed by atoms with E-state index in [2.05, 4.69) is 4.74 Å². The number of hydrogen-bond acceptors (Lipinski definition) is 5. The summed E-state index contributed by atoms with van der Waals surface area (Å²) in [5.41, 5.74) is 1.34. The summed E-state index contributed by atoms with van der Waals surface area (Å²) in [6.07, 6.45) is -0.0688. The molecule has 0 saturated heterocycles. The van der Waals surface area contributed by atoms with Gasteiger partial charge in [-0.15, -0.1) is 0 Å². The van der Waals surface area contributed by atoms with E-state index >= 15 is 0 Å². The Morgan fingerprint density at radius 2 is 1.78 bits per heavy atom. The highest BCUT2D eigenvalue weighted by Crippen LogP contribution is 2.41. The highest BCUT2D eigenvalue weighted by atomic mass is 16.5. The maximum Gasteiger partial charge on any atom is 0.174 e. The van der Waals surface area contributed by atoms with Gasteiger partial charge in [0.2, 0.25) is 0 Å². The lowest BCUT2D eigenvalue weighted by Gasteiger charge is -2.26. The van der Waals surface area contributed by atoms with Gasteiger partial charge in [0.1, 0.15) is 28.9 Å². The summed E-state index contributed by atoms with van der Waals surface area (Å²) < 4.78 is 15.2. The van der Waals surface area contributed by atoms with Crippen molar-refractivity contribution in [2.24, 2.45) is 0 Å². The third kappa shape index (κ3) is 3.81. The number of carbonyl (C=O) groups is 1. The van der Waals surface area contributed by atoms with Crippen molar-refractivity contribution in [3.05, 3.63) is 53.6 Å². The van der Waals surface area contributed by atoms with Gasteiger partial charge in [-0.3, -0.25) is 4.79 Å². The second-order valence-electron chi connectivity index (χ2n) is 5.07. The van der Waals surface area contributed by atoms with Crippen LogP contribution in [0.4, 0.5) is 0 Å². The predicted molar refractivity (Wildman–Crippen MR) is 86.4 cm³/mol. The fourth-order valence-corrected chi connectivity index (χ4v) is 2.42. The number of rotatable bonds is 2. The lowest BCUT2D eigenvalue weighted by Crippen LogP contribution is -2.21. The molecule has 0 aromatic heterocycles. The molecule has 1 aliphatic rings. The molecule has 1 aliphatic heterocycles. The van der Waals surface area contributed by atoms with Gasteiger partial charge in [0, 0.05) is 26.4 Å². The summed E-state index contributed by atoms with van der Waals surface area (Å²) in [5.74, 6) is 0.683. The number of carbonyl (C=O) groups excluding carboxylic acids is 1. The van der Waals surface area contributed by atoms with Crippen LogP contribution in [0, 0.1) is 0 Å². The zero-order chi connectivity index (χ0) is 16.8. The minimum absolute atomic E-state index is 0.0158. The van der Waals surface area contributed by atoms with Crippen molar-refractivity contribution < 1.29 is 24.1 Å². The molecule has 1 heterocycles. The summed E-state index contributed by atoms with van der Waals surface area (Å²) >= 11 is 0. The number of benzene rings is 2. The van der Waals surface area contributed by atoms with Gasteiger partial charge in [0.05, 0.1) is 13.5 Å². The number of ether oxygens (including phenoxy) is 3. The zero-order valence-corrected chi connectivity index (χ0v) is 13.4. The predicted octanol–water partition coefficient (Wildman–Crippen LogP) is 3.37. The van der Waals surface area contributed by atoms with E-state index in [1.165, 1.54) is 19.2 Å². The quantitative estimate of drug-likeness (QED) is 0.920. The van der Waals surface area contributed by atoms with Crippen molar-refractivity contribution >= 4 is 5.78 Å². The standard InChI is InChI=1S/C16H14O4.C2H6O/c1-19-14-7-11(17)8-15-16(14)12(18)9-13(20-15)10-5-3-2-4-6-10;1-3-2/h2-8,13,17H,9H2,1H3;1-2H3/t13-;/m0./s1. The van der Waals surface area contributed by atoms with Crippen molar-refractivity contribution in [1.29, 1.82) is 0 Å². The number of aromatic hydroxyl groups is 1. The average molecular weight is 316 g/mol. The number of hydrogen-bond donors (Lipinski definition) is 1. The van der Waals surface area contributed by atoms with Crippen LogP contribution in [0.3, 0.4) is 0 Å². The van der Waals surface area contributed by atoms with E-state index in [9.17, 15) is 9.90 Å². The van der Waals surface area contributed by atoms with Crippen molar-refractivity contribution in [3.63, 3.8) is 0 Å². The molecule has 3 rings (SSSR count). The van der Waals surface area contributed by atoms with E-state index in [1.807, 2.05) is 30.3 Å². The number of phenolic OH excluding ortho intramolecular Hbond substituents is 1. The third-order valence-corrected chi connectivity index (χ3v) is 3.36. The minimum Gasteiger partial charge on any atom is -0.508 e. The molecule has 1 N–H and O–H groups in total. The molecule has 0 aliphatic carbocycles. The van der Waals surface area contributed by atoms with Crippen LogP contribution in [0.2, 0.25) is 0 Å². The summed E-state index contributed by atoms with van der Waals surface area (Å²) in [6, 6.07) is 12.4. The van der Waals surface area contributed by atoms with E-state index < -0.39 is 0 Å². The van der Waals surface area contributed by atoms with E-state index in [0.29, 0.717) is 17.1 Å². The van der Waals surface area contributed by atoms with E-state index in [0.717, 1.165) is 5.56 Å². The molecule has 0 fully saturated rings.